The maximum atomic E-state index is 11.3. The second kappa shape index (κ2) is 4.35. The molecule has 0 radical (unpaired) electrons. The summed E-state index contributed by atoms with van der Waals surface area (Å²) in [5.41, 5.74) is -4.24. The number of hydrazine groups is 2. The Hall–Kier alpha value is -2.80. The highest BCUT2D eigenvalue weighted by atomic mass is 16.7. The summed E-state index contributed by atoms with van der Waals surface area (Å²) in [6.45, 7) is -2.86. The second-order valence-electron chi connectivity index (χ2n) is 5.26. The zero-order chi connectivity index (χ0) is 16.0. The lowest BCUT2D eigenvalue weighted by Gasteiger charge is -2.43. The van der Waals surface area contributed by atoms with Crippen LogP contribution in [-0.2, 0) is 0 Å². The van der Waals surface area contributed by atoms with E-state index < -0.39 is 63.6 Å². The third-order valence-corrected chi connectivity index (χ3v) is 3.80. The molecule has 116 valence electrons. The molecule has 0 saturated carbocycles. The molecule has 0 aromatic carbocycles. The largest absolute Gasteiger partial charge is 0.274 e. The third kappa shape index (κ3) is 2.13. The van der Waals surface area contributed by atoms with Gasteiger partial charge < -0.3 is 0 Å². The lowest BCUT2D eigenvalue weighted by molar-refractivity contribution is -0.743. The van der Waals surface area contributed by atoms with E-state index in [1.807, 2.05) is 0 Å². The molecule has 0 spiro atoms. The fraction of sp³-hybridized carbons (Fsp3) is 1.00. The minimum Gasteiger partial charge on any atom is -0.264 e. The average molecular weight is 306 g/mol. The van der Waals surface area contributed by atoms with Gasteiger partial charge in [0, 0.05) is 9.85 Å². The summed E-state index contributed by atoms with van der Waals surface area (Å²) in [7, 11) is 0. The van der Waals surface area contributed by atoms with Crippen LogP contribution in [0, 0.1) is 40.5 Å². The minimum atomic E-state index is -2.12. The Morgan fingerprint density at radius 1 is 0.667 bits per heavy atom. The first-order valence-corrected chi connectivity index (χ1v) is 5.69. The molecule has 0 N–H and O–H groups in total. The fourth-order valence-corrected chi connectivity index (χ4v) is 3.00. The maximum absolute atomic E-state index is 11.3. The Kier molecular flexibility index (Phi) is 3.03. The van der Waals surface area contributed by atoms with Crippen LogP contribution in [0.2, 0.25) is 0 Å². The zero-order valence-electron chi connectivity index (χ0n) is 10.5. The number of nitrogens with zero attached hydrogens (tertiary/aromatic N) is 6. The number of rotatable bonds is 4. The molecule has 2 fully saturated rings. The lowest BCUT2D eigenvalue weighted by atomic mass is 9.75. The average Bonchev–Trinajstić information content (AvgIpc) is 2.36. The first-order valence-electron chi connectivity index (χ1n) is 5.69. The molecular formula is C7H10N6O8. The van der Waals surface area contributed by atoms with Crippen LogP contribution in [0.5, 0.6) is 0 Å². The Morgan fingerprint density at radius 2 is 0.952 bits per heavy atom. The van der Waals surface area contributed by atoms with Gasteiger partial charge in [0.2, 0.25) is 0 Å². The van der Waals surface area contributed by atoms with Gasteiger partial charge in [-0.3, -0.25) is 20.2 Å². The Morgan fingerprint density at radius 3 is 1.14 bits per heavy atom. The van der Waals surface area contributed by atoms with Crippen molar-refractivity contribution in [1.29, 1.82) is 0 Å². The molecule has 21 heavy (non-hydrogen) atoms. The summed E-state index contributed by atoms with van der Waals surface area (Å²) in [4.78, 5) is 42.5. The maximum Gasteiger partial charge on any atom is 0.274 e. The smallest absolute Gasteiger partial charge is 0.264 e. The van der Waals surface area contributed by atoms with E-state index in [1.165, 1.54) is 0 Å². The van der Waals surface area contributed by atoms with Gasteiger partial charge >= 0.3 is 0 Å². The first kappa shape index (κ1) is 14.6. The summed E-state index contributed by atoms with van der Waals surface area (Å²) < 4.78 is 0. The molecule has 2 saturated heterocycles. The van der Waals surface area contributed by atoms with E-state index in [-0.39, 0.29) is 0 Å². The Bertz CT molecular complexity index is 477. The van der Waals surface area contributed by atoms with Crippen LogP contribution in [0.25, 0.3) is 0 Å². The lowest BCUT2D eigenvalue weighted by Crippen LogP contribution is -2.76. The summed E-state index contributed by atoms with van der Waals surface area (Å²) in [6, 6.07) is 0. The van der Waals surface area contributed by atoms with Crippen LogP contribution >= 0.6 is 0 Å². The predicted molar refractivity (Wildman–Crippen MR) is 61.2 cm³/mol. The zero-order valence-corrected chi connectivity index (χ0v) is 10.5. The van der Waals surface area contributed by atoms with Crippen molar-refractivity contribution in [3.8, 4) is 0 Å². The van der Waals surface area contributed by atoms with E-state index in [1.54, 1.807) is 0 Å². The second-order valence-corrected chi connectivity index (χ2v) is 5.26. The molecule has 2 rings (SSSR count). The monoisotopic (exact) mass is 306 g/mol. The van der Waals surface area contributed by atoms with Crippen molar-refractivity contribution in [3.05, 3.63) is 40.5 Å². The molecule has 0 aromatic rings. The van der Waals surface area contributed by atoms with Gasteiger partial charge in [0.05, 0.1) is 6.42 Å². The van der Waals surface area contributed by atoms with E-state index >= 15 is 0 Å². The van der Waals surface area contributed by atoms with Crippen molar-refractivity contribution in [2.75, 3.05) is 26.2 Å². The third-order valence-electron chi connectivity index (χ3n) is 3.80. The van der Waals surface area contributed by atoms with Crippen LogP contribution in [0.4, 0.5) is 0 Å². The van der Waals surface area contributed by atoms with E-state index in [0.717, 1.165) is 0 Å². The fourth-order valence-electron chi connectivity index (χ4n) is 3.00. The number of piperidine rings is 2. The number of hydrogen-bond acceptors (Lipinski definition) is 8. The van der Waals surface area contributed by atoms with Crippen molar-refractivity contribution in [2.45, 2.75) is 17.5 Å². The van der Waals surface area contributed by atoms with Gasteiger partial charge in [0.15, 0.2) is 36.2 Å². The van der Waals surface area contributed by atoms with Crippen LogP contribution < -0.4 is 0 Å². The molecule has 2 heterocycles. The van der Waals surface area contributed by atoms with Crippen LogP contribution in [0.1, 0.15) is 6.42 Å². The SMILES string of the molecule is O=[N+]([O-])N1CC2([N+](=O)[O-])CN([N+](=O)[O-])CC([N+](=O)[O-])(C1)C2. The van der Waals surface area contributed by atoms with Gasteiger partial charge in [0.25, 0.3) is 11.1 Å². The highest BCUT2D eigenvalue weighted by Gasteiger charge is 2.71. The molecule has 0 unspecified atom stereocenters. The van der Waals surface area contributed by atoms with Gasteiger partial charge in [-0.05, 0) is 0 Å². The molecule has 0 aromatic heterocycles. The minimum absolute atomic E-state index is 0.395. The van der Waals surface area contributed by atoms with E-state index in [0.29, 0.717) is 10.0 Å². The highest BCUT2D eigenvalue weighted by molar-refractivity contribution is 5.04. The molecule has 2 bridgehead atoms. The molecule has 0 atom stereocenters. The molecule has 0 amide bonds. The summed E-state index contributed by atoms with van der Waals surface area (Å²) in [5, 5.41) is 43.2. The first-order chi connectivity index (χ1) is 9.62. The van der Waals surface area contributed by atoms with Crippen molar-refractivity contribution in [1.82, 2.24) is 10.0 Å². The quantitative estimate of drug-likeness (QED) is 0.434. The molecular weight excluding hydrogens is 296 g/mol. The van der Waals surface area contributed by atoms with Gasteiger partial charge in [-0.1, -0.05) is 0 Å². The predicted octanol–water partition coefficient (Wildman–Crippen LogP) is -1.58. The molecule has 0 aliphatic carbocycles. The van der Waals surface area contributed by atoms with E-state index in [4.69, 9.17) is 0 Å². The van der Waals surface area contributed by atoms with Crippen molar-refractivity contribution in [3.63, 3.8) is 0 Å². The van der Waals surface area contributed by atoms with E-state index in [9.17, 15) is 40.5 Å². The number of fused-ring (bicyclic) bond motifs is 2. The van der Waals surface area contributed by atoms with Gasteiger partial charge in [-0.25, -0.2) is 20.2 Å². The number of hydrogen-bond donors (Lipinski definition) is 0. The van der Waals surface area contributed by atoms with Gasteiger partial charge in [-0.2, -0.15) is 0 Å². The van der Waals surface area contributed by atoms with Gasteiger partial charge in [0.1, 0.15) is 0 Å². The standard InChI is InChI=1S/C7H10N6O8/c14-10(15)6-1-7(11(16)17,4-8(2-6)12(18)19)5-9(3-6)13(20)21/h1-5H2. The van der Waals surface area contributed by atoms with Gasteiger partial charge in [-0.15, -0.1) is 10.0 Å². The summed E-state index contributed by atoms with van der Waals surface area (Å²) >= 11 is 0. The Labute approximate surface area is 115 Å². The van der Waals surface area contributed by atoms with Crippen molar-refractivity contribution < 1.29 is 19.9 Å². The highest BCUT2D eigenvalue weighted by Crippen LogP contribution is 2.38. The number of nitro groups is 4. The molecule has 2 aliphatic heterocycles. The topological polar surface area (TPSA) is 179 Å². The van der Waals surface area contributed by atoms with Crippen LogP contribution in [-0.4, -0.2) is 67.2 Å². The van der Waals surface area contributed by atoms with Crippen molar-refractivity contribution >= 4 is 0 Å². The summed E-state index contributed by atoms with van der Waals surface area (Å²) in [6.07, 6.45) is -0.575. The van der Waals surface area contributed by atoms with Crippen molar-refractivity contribution in [2.24, 2.45) is 0 Å². The van der Waals surface area contributed by atoms with E-state index in [2.05, 4.69) is 0 Å². The normalized spacial score (nSPS) is 31.6. The molecule has 14 nitrogen and oxygen atoms in total. The molecule has 14 heteroatoms. The summed E-state index contributed by atoms with van der Waals surface area (Å²) in [5.74, 6) is 0. The molecule has 2 aliphatic rings. The Balaban J connectivity index is 2.51. The van der Waals surface area contributed by atoms with Crippen LogP contribution in [0.15, 0.2) is 0 Å². The van der Waals surface area contributed by atoms with Crippen LogP contribution in [0.3, 0.4) is 0 Å².